The molecule has 0 spiro atoms. The fourth-order valence-electron chi connectivity index (χ4n) is 3.00. The Morgan fingerprint density at radius 1 is 0.815 bits per heavy atom. The molecule has 0 aliphatic heterocycles. The number of esters is 1. The van der Waals surface area contributed by atoms with Crippen molar-refractivity contribution in [1.82, 2.24) is 23.3 Å². The van der Waals surface area contributed by atoms with Crippen molar-refractivity contribution in [2.75, 3.05) is 6.61 Å². The second-order valence-electron chi connectivity index (χ2n) is 6.02. The lowest BCUT2D eigenvalue weighted by Gasteiger charge is -2.14. The Morgan fingerprint density at radius 3 is 1.59 bits per heavy atom. The first-order valence-corrected chi connectivity index (χ1v) is 8.00. The summed E-state index contributed by atoms with van der Waals surface area (Å²) in [4.78, 5) is 66.9. The number of aryl methyl sites for hydroxylation is 2. The summed E-state index contributed by atoms with van der Waals surface area (Å²) in [7, 11) is 5.25. The van der Waals surface area contributed by atoms with E-state index in [1.165, 1.54) is 28.2 Å². The van der Waals surface area contributed by atoms with Crippen molar-refractivity contribution in [3.05, 3.63) is 47.2 Å². The highest BCUT2D eigenvalue weighted by Gasteiger charge is 2.26. The molecular weight excluding hydrogens is 358 g/mol. The molecule has 0 fully saturated rings. The van der Waals surface area contributed by atoms with Crippen molar-refractivity contribution >= 4 is 28.0 Å². The van der Waals surface area contributed by atoms with Crippen LogP contribution in [0.4, 0.5) is 0 Å². The van der Waals surface area contributed by atoms with Crippen LogP contribution in [0, 0.1) is 0 Å². The smallest absolute Gasteiger partial charge is 0.340 e. The van der Waals surface area contributed by atoms with Crippen molar-refractivity contribution in [3.8, 4) is 0 Å². The summed E-state index contributed by atoms with van der Waals surface area (Å²) in [6.07, 6.45) is 0. The van der Waals surface area contributed by atoms with Crippen LogP contribution in [0.1, 0.15) is 17.3 Å². The summed E-state index contributed by atoms with van der Waals surface area (Å²) in [6, 6.07) is 0. The molecule has 0 N–H and O–H groups in total. The van der Waals surface area contributed by atoms with Crippen LogP contribution >= 0.6 is 0 Å². The molecule has 0 unspecified atom stereocenters. The highest BCUT2D eigenvalue weighted by atomic mass is 16.5. The number of fused-ring (bicyclic) bond motifs is 2. The van der Waals surface area contributed by atoms with Crippen LogP contribution in [0.3, 0.4) is 0 Å². The van der Waals surface area contributed by atoms with Gasteiger partial charge in [0.2, 0.25) is 0 Å². The quantitative estimate of drug-likeness (QED) is 0.388. The molecule has 0 saturated carbocycles. The van der Waals surface area contributed by atoms with Gasteiger partial charge in [-0.05, 0) is 6.92 Å². The average molecular weight is 375 g/mol. The number of carbonyl (C=O) groups is 1. The lowest BCUT2D eigenvalue weighted by Crippen LogP contribution is -2.41. The topological polar surface area (TPSA) is 127 Å². The molecule has 0 saturated heterocycles. The van der Waals surface area contributed by atoms with Gasteiger partial charge in [-0.2, -0.15) is 0 Å². The first kappa shape index (κ1) is 18.3. The molecule has 0 aliphatic rings. The monoisotopic (exact) mass is 375 g/mol. The Kier molecular flexibility index (Phi) is 4.09. The van der Waals surface area contributed by atoms with Crippen LogP contribution in [-0.4, -0.2) is 35.8 Å². The summed E-state index contributed by atoms with van der Waals surface area (Å²) in [5.41, 5.74) is -3.47. The summed E-state index contributed by atoms with van der Waals surface area (Å²) in [5, 5.41) is -0.442. The Bertz CT molecular complexity index is 1280. The van der Waals surface area contributed by atoms with Gasteiger partial charge in [0.15, 0.2) is 11.3 Å². The molecule has 0 bridgehead atoms. The molecule has 0 radical (unpaired) electrons. The van der Waals surface area contributed by atoms with E-state index in [-0.39, 0.29) is 34.2 Å². The highest BCUT2D eigenvalue weighted by Crippen LogP contribution is 2.20. The average Bonchev–Trinajstić information content (AvgIpc) is 2.65. The van der Waals surface area contributed by atoms with Gasteiger partial charge in [-0.1, -0.05) is 0 Å². The van der Waals surface area contributed by atoms with Crippen molar-refractivity contribution in [1.29, 1.82) is 0 Å². The third-order valence-electron chi connectivity index (χ3n) is 4.46. The fraction of sp³-hybridized carbons (Fsp3) is 0.375. The van der Waals surface area contributed by atoms with E-state index in [0.717, 1.165) is 18.3 Å². The van der Waals surface area contributed by atoms with Crippen molar-refractivity contribution in [3.63, 3.8) is 0 Å². The molecule has 11 nitrogen and oxygen atoms in total. The maximum Gasteiger partial charge on any atom is 0.340 e. The molecule has 3 aromatic heterocycles. The van der Waals surface area contributed by atoms with E-state index in [0.29, 0.717) is 0 Å². The number of ether oxygens (including phenoxy) is 1. The van der Waals surface area contributed by atoms with E-state index in [9.17, 15) is 24.0 Å². The van der Waals surface area contributed by atoms with Crippen LogP contribution in [-0.2, 0) is 32.9 Å². The molecule has 0 atom stereocenters. The van der Waals surface area contributed by atoms with E-state index in [2.05, 4.69) is 4.98 Å². The molecule has 11 heteroatoms. The number of hydrogen-bond acceptors (Lipinski definition) is 7. The van der Waals surface area contributed by atoms with Crippen molar-refractivity contribution in [2.45, 2.75) is 6.92 Å². The Hall–Kier alpha value is -3.50. The zero-order valence-corrected chi connectivity index (χ0v) is 15.4. The number of rotatable bonds is 2. The highest BCUT2D eigenvalue weighted by molar-refractivity contribution is 6.12. The summed E-state index contributed by atoms with van der Waals surface area (Å²) < 4.78 is 8.80. The molecule has 3 rings (SSSR count). The Balaban J connectivity index is 2.84. The van der Waals surface area contributed by atoms with Crippen molar-refractivity contribution in [2.24, 2.45) is 28.2 Å². The van der Waals surface area contributed by atoms with Crippen LogP contribution in [0.15, 0.2) is 19.2 Å². The maximum atomic E-state index is 12.7. The Morgan fingerprint density at radius 2 is 1.22 bits per heavy atom. The third kappa shape index (κ3) is 2.34. The van der Waals surface area contributed by atoms with Gasteiger partial charge < -0.3 is 4.74 Å². The molecule has 0 aliphatic carbocycles. The summed E-state index contributed by atoms with van der Waals surface area (Å²) in [6.45, 7) is 1.58. The van der Waals surface area contributed by atoms with Crippen LogP contribution in [0.2, 0.25) is 0 Å². The maximum absolute atomic E-state index is 12.7. The van der Waals surface area contributed by atoms with Gasteiger partial charge >= 0.3 is 17.3 Å². The molecule has 0 aromatic carbocycles. The molecule has 3 heterocycles. The zero-order valence-electron chi connectivity index (χ0n) is 15.4. The molecule has 142 valence electrons. The normalized spacial score (nSPS) is 11.3. The van der Waals surface area contributed by atoms with Gasteiger partial charge in [0.05, 0.1) is 22.9 Å². The van der Waals surface area contributed by atoms with Gasteiger partial charge in [0.1, 0.15) is 0 Å². The number of aromatic nitrogens is 5. The van der Waals surface area contributed by atoms with E-state index in [1.807, 2.05) is 0 Å². The lowest BCUT2D eigenvalue weighted by molar-refractivity contribution is 0.0530. The summed E-state index contributed by atoms with van der Waals surface area (Å²) in [5.74, 6) is -0.915. The predicted molar refractivity (Wildman–Crippen MR) is 96.2 cm³/mol. The van der Waals surface area contributed by atoms with Gasteiger partial charge in [-0.15, -0.1) is 0 Å². The zero-order chi connectivity index (χ0) is 20.2. The molecule has 3 aromatic rings. The minimum Gasteiger partial charge on any atom is -0.462 e. The molecular formula is C16H17N5O6. The first-order chi connectivity index (χ1) is 12.6. The van der Waals surface area contributed by atoms with Crippen molar-refractivity contribution < 1.29 is 9.53 Å². The number of hydrogen-bond donors (Lipinski definition) is 0. The van der Waals surface area contributed by atoms with Crippen LogP contribution in [0.25, 0.3) is 22.1 Å². The van der Waals surface area contributed by atoms with Crippen LogP contribution < -0.4 is 22.5 Å². The SMILES string of the molecule is CCOC(=O)c1c2c(=O)n(C)c(=O)n(C)c2nc2c1c(=O)n(C)c(=O)n2C. The second kappa shape index (κ2) is 6.04. The van der Waals surface area contributed by atoms with E-state index >= 15 is 0 Å². The Labute approximate surface area is 150 Å². The number of nitrogens with zero attached hydrogens (tertiary/aromatic N) is 5. The van der Waals surface area contributed by atoms with Gasteiger partial charge in [-0.3, -0.25) is 27.9 Å². The van der Waals surface area contributed by atoms with Gasteiger partial charge in [0.25, 0.3) is 11.1 Å². The second-order valence-corrected chi connectivity index (χ2v) is 6.02. The largest absolute Gasteiger partial charge is 0.462 e. The van der Waals surface area contributed by atoms with E-state index in [4.69, 9.17) is 4.74 Å². The molecule has 0 amide bonds. The van der Waals surface area contributed by atoms with Gasteiger partial charge in [0, 0.05) is 28.2 Å². The molecule has 27 heavy (non-hydrogen) atoms. The number of pyridine rings is 1. The van der Waals surface area contributed by atoms with E-state index < -0.39 is 28.5 Å². The first-order valence-electron chi connectivity index (χ1n) is 8.00. The van der Waals surface area contributed by atoms with E-state index in [1.54, 1.807) is 6.92 Å². The minimum atomic E-state index is -0.915. The lowest BCUT2D eigenvalue weighted by atomic mass is 10.1. The number of carbonyl (C=O) groups excluding carboxylic acids is 1. The van der Waals surface area contributed by atoms with Gasteiger partial charge in [-0.25, -0.2) is 19.4 Å². The standard InChI is InChI=1S/C16H17N5O6/c1-6-27-14(24)7-8-10(18(2)15(25)20(4)12(8)22)17-11-9(7)13(23)21(5)16(26)19(11)3/h6H2,1-5H3. The summed E-state index contributed by atoms with van der Waals surface area (Å²) >= 11 is 0. The fourth-order valence-corrected chi connectivity index (χ4v) is 3.00. The predicted octanol–water partition coefficient (Wildman–Crippen LogP) is -1.64. The minimum absolute atomic E-state index is 0.00228. The van der Waals surface area contributed by atoms with Crippen LogP contribution in [0.5, 0.6) is 0 Å². The third-order valence-corrected chi connectivity index (χ3v) is 4.46.